The second-order valence-corrected chi connectivity index (χ2v) is 5.12. The third kappa shape index (κ3) is 3.22. The first kappa shape index (κ1) is 14.7. The maximum Gasteiger partial charge on any atom is 0.325 e. The Morgan fingerprint density at radius 2 is 1.90 bits per heavy atom. The van der Waals surface area contributed by atoms with Crippen molar-refractivity contribution in [2.45, 2.75) is 31.7 Å². The van der Waals surface area contributed by atoms with Crippen molar-refractivity contribution < 1.29 is 19.7 Å². The van der Waals surface area contributed by atoms with Gasteiger partial charge in [-0.15, -0.1) is 0 Å². The Labute approximate surface area is 118 Å². The first-order valence-electron chi connectivity index (χ1n) is 6.97. The minimum Gasteiger partial charge on any atom is -0.504 e. The lowest BCUT2D eigenvalue weighted by atomic mass is 10.0. The van der Waals surface area contributed by atoms with Crippen LogP contribution in [0.4, 0.5) is 0 Å². The predicted molar refractivity (Wildman–Crippen MR) is 75.1 cm³/mol. The smallest absolute Gasteiger partial charge is 0.325 e. The van der Waals surface area contributed by atoms with E-state index in [1.54, 1.807) is 12.1 Å². The molecule has 0 amide bonds. The van der Waals surface area contributed by atoms with Crippen molar-refractivity contribution in [3.8, 4) is 11.5 Å². The van der Waals surface area contributed by atoms with Gasteiger partial charge in [0.1, 0.15) is 6.04 Å². The fourth-order valence-electron chi connectivity index (χ4n) is 2.73. The summed E-state index contributed by atoms with van der Waals surface area (Å²) in [6.45, 7) is 1.58. The van der Waals surface area contributed by atoms with Gasteiger partial charge in [0, 0.05) is 0 Å². The number of aromatic hydroxyl groups is 1. The first-order chi connectivity index (χ1) is 9.63. The van der Waals surface area contributed by atoms with Crippen LogP contribution in [0.1, 0.15) is 37.3 Å². The first-order valence-corrected chi connectivity index (χ1v) is 6.97. The van der Waals surface area contributed by atoms with Crippen molar-refractivity contribution in [2.75, 3.05) is 20.2 Å². The number of ether oxygens (including phenoxy) is 1. The normalized spacial score (nSPS) is 18.2. The Bertz CT molecular complexity index is 467. The third-order valence-electron chi connectivity index (χ3n) is 3.76. The quantitative estimate of drug-likeness (QED) is 0.885. The van der Waals surface area contributed by atoms with Gasteiger partial charge in [-0.1, -0.05) is 18.9 Å². The second-order valence-electron chi connectivity index (χ2n) is 5.12. The average molecular weight is 279 g/mol. The largest absolute Gasteiger partial charge is 0.504 e. The summed E-state index contributed by atoms with van der Waals surface area (Å²) >= 11 is 0. The van der Waals surface area contributed by atoms with E-state index in [9.17, 15) is 15.0 Å². The lowest BCUT2D eigenvalue weighted by Gasteiger charge is -2.27. The second kappa shape index (κ2) is 6.61. The van der Waals surface area contributed by atoms with E-state index in [1.807, 2.05) is 4.90 Å². The number of methoxy groups -OCH3 is 1. The van der Waals surface area contributed by atoms with E-state index in [4.69, 9.17) is 4.74 Å². The molecule has 20 heavy (non-hydrogen) atoms. The van der Waals surface area contributed by atoms with Gasteiger partial charge in [0.2, 0.25) is 0 Å². The highest BCUT2D eigenvalue weighted by Gasteiger charge is 2.28. The molecule has 0 bridgehead atoms. The molecule has 1 fully saturated rings. The summed E-state index contributed by atoms with van der Waals surface area (Å²) < 4.78 is 5.07. The van der Waals surface area contributed by atoms with Gasteiger partial charge < -0.3 is 14.9 Å². The molecule has 2 N–H and O–H groups in total. The van der Waals surface area contributed by atoms with Crippen molar-refractivity contribution in [1.82, 2.24) is 4.90 Å². The predicted octanol–water partition coefficient (Wildman–Crippen LogP) is 2.40. The van der Waals surface area contributed by atoms with E-state index < -0.39 is 12.0 Å². The molecular weight excluding hydrogens is 258 g/mol. The van der Waals surface area contributed by atoms with Gasteiger partial charge in [-0.3, -0.25) is 9.69 Å². The number of carboxylic acid groups (broad SMARTS) is 1. The van der Waals surface area contributed by atoms with E-state index >= 15 is 0 Å². The van der Waals surface area contributed by atoms with Crippen LogP contribution in [0.15, 0.2) is 18.2 Å². The van der Waals surface area contributed by atoms with Crippen molar-refractivity contribution in [3.63, 3.8) is 0 Å². The van der Waals surface area contributed by atoms with E-state index in [0.717, 1.165) is 38.8 Å². The standard InChI is InChI=1S/C15H21NO4/c1-20-13-10-11(6-7-12(13)17)14(15(18)19)16-8-4-2-3-5-9-16/h6-7,10,14,17H,2-5,8-9H2,1H3,(H,18,19). The highest BCUT2D eigenvalue weighted by Crippen LogP contribution is 2.32. The van der Waals surface area contributed by atoms with E-state index in [2.05, 4.69) is 0 Å². The third-order valence-corrected chi connectivity index (χ3v) is 3.76. The van der Waals surface area contributed by atoms with Crippen LogP contribution in [0.2, 0.25) is 0 Å². The molecule has 1 aromatic carbocycles. The SMILES string of the molecule is COc1cc(C(C(=O)O)N2CCCCCC2)ccc1O. The van der Waals surface area contributed by atoms with E-state index in [-0.39, 0.29) is 5.75 Å². The van der Waals surface area contributed by atoms with E-state index in [1.165, 1.54) is 13.2 Å². The zero-order valence-electron chi connectivity index (χ0n) is 11.7. The molecule has 1 heterocycles. The van der Waals surface area contributed by atoms with Gasteiger partial charge in [-0.25, -0.2) is 0 Å². The number of phenols is 1. The number of aliphatic carboxylic acids is 1. The molecule has 110 valence electrons. The Morgan fingerprint density at radius 3 is 2.45 bits per heavy atom. The summed E-state index contributed by atoms with van der Waals surface area (Å²) in [7, 11) is 1.46. The number of benzene rings is 1. The van der Waals surface area contributed by atoms with Crippen molar-refractivity contribution in [2.24, 2.45) is 0 Å². The zero-order valence-corrected chi connectivity index (χ0v) is 11.7. The van der Waals surface area contributed by atoms with Gasteiger partial charge in [-0.2, -0.15) is 0 Å². The van der Waals surface area contributed by atoms with Crippen molar-refractivity contribution >= 4 is 5.97 Å². The van der Waals surface area contributed by atoms with Gasteiger partial charge in [0.05, 0.1) is 7.11 Å². The highest BCUT2D eigenvalue weighted by atomic mass is 16.5. The molecule has 5 nitrogen and oxygen atoms in total. The molecular formula is C15H21NO4. The molecule has 0 aromatic heterocycles. The molecule has 2 rings (SSSR count). The topological polar surface area (TPSA) is 70.0 Å². The Kier molecular flexibility index (Phi) is 4.84. The Morgan fingerprint density at radius 1 is 1.25 bits per heavy atom. The van der Waals surface area contributed by atoms with Gasteiger partial charge in [0.25, 0.3) is 0 Å². The highest BCUT2D eigenvalue weighted by molar-refractivity contribution is 5.76. The number of likely N-dealkylation sites (tertiary alicyclic amines) is 1. The van der Waals surface area contributed by atoms with E-state index in [0.29, 0.717) is 11.3 Å². The number of hydrogen-bond acceptors (Lipinski definition) is 4. The molecule has 1 aliphatic heterocycles. The molecule has 0 radical (unpaired) electrons. The number of hydrogen-bond donors (Lipinski definition) is 2. The lowest BCUT2D eigenvalue weighted by molar-refractivity contribution is -0.143. The fourth-order valence-corrected chi connectivity index (χ4v) is 2.73. The Hall–Kier alpha value is -1.75. The Balaban J connectivity index is 2.30. The zero-order chi connectivity index (χ0) is 14.5. The van der Waals surface area contributed by atoms with Gasteiger partial charge >= 0.3 is 5.97 Å². The molecule has 1 saturated heterocycles. The monoisotopic (exact) mass is 279 g/mol. The fraction of sp³-hybridized carbons (Fsp3) is 0.533. The maximum atomic E-state index is 11.7. The minimum atomic E-state index is -0.861. The molecule has 1 atom stereocenters. The maximum absolute atomic E-state index is 11.7. The molecule has 0 saturated carbocycles. The molecule has 1 aromatic rings. The lowest BCUT2D eigenvalue weighted by Crippen LogP contribution is -2.34. The van der Waals surface area contributed by atoms with Crippen LogP contribution in [0.5, 0.6) is 11.5 Å². The molecule has 1 unspecified atom stereocenters. The number of nitrogens with zero attached hydrogens (tertiary/aromatic N) is 1. The van der Waals surface area contributed by atoms with Crippen LogP contribution >= 0.6 is 0 Å². The molecule has 1 aliphatic rings. The van der Waals surface area contributed by atoms with Gasteiger partial charge in [-0.05, 0) is 43.6 Å². The van der Waals surface area contributed by atoms with Crippen LogP contribution in [-0.2, 0) is 4.79 Å². The van der Waals surface area contributed by atoms with Crippen LogP contribution in [-0.4, -0.2) is 41.3 Å². The van der Waals surface area contributed by atoms with Crippen LogP contribution in [0, 0.1) is 0 Å². The minimum absolute atomic E-state index is 0.0243. The average Bonchev–Trinajstić information content (AvgIpc) is 2.69. The summed E-state index contributed by atoms with van der Waals surface area (Å²) in [5, 5.41) is 19.2. The number of carbonyl (C=O) groups is 1. The summed E-state index contributed by atoms with van der Waals surface area (Å²) in [5.41, 5.74) is 0.647. The van der Waals surface area contributed by atoms with Crippen molar-refractivity contribution in [1.29, 1.82) is 0 Å². The van der Waals surface area contributed by atoms with Crippen LogP contribution < -0.4 is 4.74 Å². The van der Waals surface area contributed by atoms with Gasteiger partial charge in [0.15, 0.2) is 11.5 Å². The number of carboxylic acids is 1. The molecule has 0 spiro atoms. The summed E-state index contributed by atoms with van der Waals surface area (Å²) in [4.78, 5) is 13.7. The van der Waals surface area contributed by atoms with Crippen LogP contribution in [0.25, 0.3) is 0 Å². The molecule has 5 heteroatoms. The van der Waals surface area contributed by atoms with Crippen molar-refractivity contribution in [3.05, 3.63) is 23.8 Å². The number of phenolic OH excluding ortho intramolecular Hbond substituents is 1. The summed E-state index contributed by atoms with van der Waals surface area (Å²) in [6.07, 6.45) is 4.36. The summed E-state index contributed by atoms with van der Waals surface area (Å²) in [6, 6.07) is 4.07. The van der Waals surface area contributed by atoms with Crippen LogP contribution in [0.3, 0.4) is 0 Å². The summed E-state index contributed by atoms with van der Waals surface area (Å²) in [5.74, 6) is -0.528. The molecule has 0 aliphatic carbocycles. The number of rotatable bonds is 4.